The zero-order chi connectivity index (χ0) is 16.0. The molecule has 0 saturated heterocycles. The number of thiophene rings is 1. The van der Waals surface area contributed by atoms with Gasteiger partial charge < -0.3 is 10.1 Å². The quantitative estimate of drug-likeness (QED) is 0.808. The first-order valence-corrected chi connectivity index (χ1v) is 8.93. The van der Waals surface area contributed by atoms with Crippen LogP contribution in [0.5, 0.6) is 5.75 Å². The van der Waals surface area contributed by atoms with Gasteiger partial charge in [-0.3, -0.25) is 4.79 Å². The van der Waals surface area contributed by atoms with E-state index in [9.17, 15) is 13.2 Å². The molecule has 22 heavy (non-hydrogen) atoms. The SMILES string of the molecule is CCOc1ccc(NC(=O)CNS(=O)(=O)c2cccs2)cc1. The first-order chi connectivity index (χ1) is 10.5. The van der Waals surface area contributed by atoms with Crippen LogP contribution in [0.2, 0.25) is 0 Å². The maximum atomic E-state index is 11.9. The highest BCUT2D eigenvalue weighted by Gasteiger charge is 2.16. The Morgan fingerprint density at radius 3 is 2.55 bits per heavy atom. The van der Waals surface area contributed by atoms with Gasteiger partial charge >= 0.3 is 0 Å². The van der Waals surface area contributed by atoms with Crippen molar-refractivity contribution in [1.29, 1.82) is 0 Å². The van der Waals surface area contributed by atoms with Crippen molar-refractivity contribution in [2.75, 3.05) is 18.5 Å². The lowest BCUT2D eigenvalue weighted by Gasteiger charge is -2.08. The first kappa shape index (κ1) is 16.5. The van der Waals surface area contributed by atoms with Gasteiger partial charge in [-0.1, -0.05) is 6.07 Å². The Morgan fingerprint density at radius 2 is 1.95 bits per heavy atom. The molecule has 0 aliphatic rings. The van der Waals surface area contributed by atoms with Gasteiger partial charge in [-0.25, -0.2) is 13.1 Å². The highest BCUT2D eigenvalue weighted by Crippen LogP contribution is 2.16. The second-order valence-corrected chi connectivity index (χ2v) is 7.20. The number of carbonyl (C=O) groups excluding carboxylic acids is 1. The van der Waals surface area contributed by atoms with E-state index in [-0.39, 0.29) is 10.8 Å². The third-order valence-corrected chi connectivity index (χ3v) is 5.43. The van der Waals surface area contributed by atoms with E-state index in [4.69, 9.17) is 4.74 Å². The number of carbonyl (C=O) groups is 1. The van der Waals surface area contributed by atoms with Crippen LogP contribution in [0.15, 0.2) is 46.0 Å². The molecule has 0 radical (unpaired) electrons. The number of ether oxygens (including phenoxy) is 1. The minimum atomic E-state index is -3.63. The van der Waals surface area contributed by atoms with Crippen LogP contribution in [-0.2, 0) is 14.8 Å². The number of benzene rings is 1. The van der Waals surface area contributed by atoms with Crippen LogP contribution in [0.3, 0.4) is 0 Å². The average molecular weight is 340 g/mol. The molecule has 0 spiro atoms. The van der Waals surface area contributed by atoms with Crippen molar-refractivity contribution >= 4 is 33.0 Å². The van der Waals surface area contributed by atoms with Gasteiger partial charge in [0, 0.05) is 5.69 Å². The van der Waals surface area contributed by atoms with Crippen LogP contribution in [0.1, 0.15) is 6.92 Å². The molecular formula is C14H16N2O4S2. The van der Waals surface area contributed by atoms with Gasteiger partial charge in [0.25, 0.3) is 10.0 Å². The Bertz CT molecular complexity index is 710. The second-order valence-electron chi connectivity index (χ2n) is 4.26. The van der Waals surface area contributed by atoms with E-state index in [0.29, 0.717) is 18.0 Å². The number of hydrogen-bond donors (Lipinski definition) is 2. The summed E-state index contributed by atoms with van der Waals surface area (Å²) in [5, 5.41) is 4.27. The Labute approximate surface area is 133 Å². The molecule has 1 amide bonds. The van der Waals surface area contributed by atoms with E-state index in [1.54, 1.807) is 35.7 Å². The molecule has 0 aliphatic carbocycles. The van der Waals surface area contributed by atoms with Gasteiger partial charge in [-0.15, -0.1) is 11.3 Å². The Hall–Kier alpha value is -1.90. The summed E-state index contributed by atoms with van der Waals surface area (Å²) >= 11 is 1.10. The number of nitrogens with one attached hydrogen (secondary N) is 2. The second kappa shape index (κ2) is 7.39. The third-order valence-electron chi connectivity index (χ3n) is 2.63. The largest absolute Gasteiger partial charge is 0.494 e. The van der Waals surface area contributed by atoms with Crippen LogP contribution in [0.4, 0.5) is 5.69 Å². The summed E-state index contributed by atoms with van der Waals surface area (Å²) in [6.45, 7) is 2.12. The predicted molar refractivity (Wildman–Crippen MR) is 85.7 cm³/mol. The molecule has 0 unspecified atom stereocenters. The molecule has 118 valence electrons. The minimum Gasteiger partial charge on any atom is -0.494 e. The van der Waals surface area contributed by atoms with Crippen molar-refractivity contribution in [3.63, 3.8) is 0 Å². The maximum Gasteiger partial charge on any atom is 0.250 e. The average Bonchev–Trinajstić information content (AvgIpc) is 3.03. The van der Waals surface area contributed by atoms with E-state index in [0.717, 1.165) is 11.3 Å². The van der Waals surface area contributed by atoms with E-state index in [1.807, 2.05) is 6.92 Å². The van der Waals surface area contributed by atoms with Gasteiger partial charge in [0.15, 0.2) is 0 Å². The molecule has 0 bridgehead atoms. The molecule has 6 nitrogen and oxygen atoms in total. The maximum absolute atomic E-state index is 11.9. The van der Waals surface area contributed by atoms with Crippen LogP contribution >= 0.6 is 11.3 Å². The zero-order valence-electron chi connectivity index (χ0n) is 11.9. The lowest BCUT2D eigenvalue weighted by atomic mass is 10.3. The molecule has 8 heteroatoms. The lowest BCUT2D eigenvalue weighted by molar-refractivity contribution is -0.115. The number of rotatable bonds is 7. The van der Waals surface area contributed by atoms with Crippen molar-refractivity contribution in [3.8, 4) is 5.75 Å². The molecule has 0 aliphatic heterocycles. The Balaban J connectivity index is 1.88. The van der Waals surface area contributed by atoms with Crippen LogP contribution < -0.4 is 14.8 Å². The number of amides is 1. The van der Waals surface area contributed by atoms with E-state index in [1.165, 1.54) is 6.07 Å². The number of sulfonamides is 1. The summed E-state index contributed by atoms with van der Waals surface area (Å²) in [6.07, 6.45) is 0. The molecule has 0 fully saturated rings. The van der Waals surface area contributed by atoms with E-state index >= 15 is 0 Å². The lowest BCUT2D eigenvalue weighted by Crippen LogP contribution is -2.32. The summed E-state index contributed by atoms with van der Waals surface area (Å²) in [6, 6.07) is 9.97. The summed E-state index contributed by atoms with van der Waals surface area (Å²) in [4.78, 5) is 11.8. The van der Waals surface area contributed by atoms with Gasteiger partial charge in [0.05, 0.1) is 13.2 Å². The summed E-state index contributed by atoms with van der Waals surface area (Å²) < 4.78 is 31.5. The number of hydrogen-bond acceptors (Lipinski definition) is 5. The van der Waals surface area contributed by atoms with Crippen molar-refractivity contribution in [1.82, 2.24) is 4.72 Å². The summed E-state index contributed by atoms with van der Waals surface area (Å²) in [5.74, 6) is 0.267. The van der Waals surface area contributed by atoms with Crippen molar-refractivity contribution < 1.29 is 17.9 Å². The fourth-order valence-corrected chi connectivity index (χ4v) is 3.67. The first-order valence-electron chi connectivity index (χ1n) is 6.57. The fourth-order valence-electron chi connectivity index (χ4n) is 1.65. The standard InChI is InChI=1S/C14H16N2O4S2/c1-2-20-12-7-5-11(6-8-12)16-13(17)10-15-22(18,19)14-4-3-9-21-14/h3-9,15H,2,10H2,1H3,(H,16,17). The highest BCUT2D eigenvalue weighted by molar-refractivity contribution is 7.91. The van der Waals surface area contributed by atoms with Gasteiger partial charge in [0.1, 0.15) is 9.96 Å². The molecule has 2 aromatic rings. The fraction of sp³-hybridized carbons (Fsp3) is 0.214. The minimum absolute atomic E-state index is 0.182. The normalized spacial score (nSPS) is 11.1. The molecule has 2 rings (SSSR count). The smallest absolute Gasteiger partial charge is 0.250 e. The molecule has 1 aromatic carbocycles. The van der Waals surface area contributed by atoms with Gasteiger partial charge in [-0.05, 0) is 42.6 Å². The summed E-state index contributed by atoms with van der Waals surface area (Å²) in [7, 11) is -3.63. The van der Waals surface area contributed by atoms with Crippen molar-refractivity contribution in [2.45, 2.75) is 11.1 Å². The molecule has 2 N–H and O–H groups in total. The van der Waals surface area contributed by atoms with Gasteiger partial charge in [0.2, 0.25) is 5.91 Å². The summed E-state index contributed by atoms with van der Waals surface area (Å²) in [5.41, 5.74) is 0.573. The van der Waals surface area contributed by atoms with Gasteiger partial charge in [-0.2, -0.15) is 0 Å². The topological polar surface area (TPSA) is 84.5 Å². The van der Waals surface area contributed by atoms with Crippen LogP contribution in [0, 0.1) is 0 Å². The molecule has 1 aromatic heterocycles. The predicted octanol–water partition coefficient (Wildman–Crippen LogP) is 2.06. The van der Waals surface area contributed by atoms with Crippen LogP contribution in [0.25, 0.3) is 0 Å². The highest BCUT2D eigenvalue weighted by atomic mass is 32.2. The molecular weight excluding hydrogens is 324 g/mol. The number of anilines is 1. The van der Waals surface area contributed by atoms with E-state index in [2.05, 4.69) is 10.0 Å². The third kappa shape index (κ3) is 4.55. The Morgan fingerprint density at radius 1 is 1.23 bits per heavy atom. The van der Waals surface area contributed by atoms with E-state index < -0.39 is 15.9 Å². The van der Waals surface area contributed by atoms with Crippen LogP contribution in [-0.4, -0.2) is 27.5 Å². The van der Waals surface area contributed by atoms with Crippen molar-refractivity contribution in [3.05, 3.63) is 41.8 Å². The molecule has 1 heterocycles. The molecule has 0 saturated carbocycles. The van der Waals surface area contributed by atoms with Crippen molar-refractivity contribution in [2.24, 2.45) is 0 Å². The zero-order valence-corrected chi connectivity index (χ0v) is 13.5. The Kier molecular flexibility index (Phi) is 5.53. The molecule has 0 atom stereocenters. The monoisotopic (exact) mass is 340 g/mol.